The minimum atomic E-state index is 0.137. The van der Waals surface area contributed by atoms with Gasteiger partial charge in [0, 0.05) is 55.3 Å². The number of halogens is 1. The number of nitrogens with zero attached hydrogens (tertiary/aromatic N) is 3. The molecule has 0 bridgehead atoms. The Labute approximate surface area is 178 Å². The molecule has 6 heteroatoms. The SMILES string of the molecule is Cc1ccc(NCCCN2CC3CN(C(=O)c4cccnc4C)CC3C2)cc1Cl. The largest absolute Gasteiger partial charge is 0.385 e. The highest BCUT2D eigenvalue weighted by atomic mass is 35.5. The van der Waals surface area contributed by atoms with Crippen LogP contribution >= 0.6 is 11.6 Å². The number of carbonyl (C=O) groups is 1. The molecular formula is C23H29ClN4O. The van der Waals surface area contributed by atoms with Gasteiger partial charge in [-0.15, -0.1) is 0 Å². The van der Waals surface area contributed by atoms with Gasteiger partial charge in [0.2, 0.25) is 0 Å². The fourth-order valence-electron chi connectivity index (χ4n) is 4.56. The van der Waals surface area contributed by atoms with Crippen molar-refractivity contribution in [1.82, 2.24) is 14.8 Å². The lowest BCUT2D eigenvalue weighted by Crippen LogP contribution is -2.34. The molecule has 3 heterocycles. The van der Waals surface area contributed by atoms with Crippen molar-refractivity contribution in [1.29, 1.82) is 0 Å². The third-order valence-corrected chi connectivity index (χ3v) is 6.65. The van der Waals surface area contributed by atoms with Crippen LogP contribution in [0.2, 0.25) is 5.02 Å². The van der Waals surface area contributed by atoms with Crippen LogP contribution in [0.5, 0.6) is 0 Å². The van der Waals surface area contributed by atoms with Gasteiger partial charge < -0.3 is 15.1 Å². The van der Waals surface area contributed by atoms with Crippen LogP contribution in [0.15, 0.2) is 36.5 Å². The summed E-state index contributed by atoms with van der Waals surface area (Å²) in [4.78, 5) is 21.7. The van der Waals surface area contributed by atoms with E-state index in [0.29, 0.717) is 11.8 Å². The topological polar surface area (TPSA) is 48.5 Å². The molecule has 4 rings (SSSR count). The number of pyridine rings is 1. The summed E-state index contributed by atoms with van der Waals surface area (Å²) in [5.41, 5.74) is 3.75. The van der Waals surface area contributed by atoms with Gasteiger partial charge in [0.15, 0.2) is 0 Å². The van der Waals surface area contributed by atoms with Crippen LogP contribution in [0.3, 0.4) is 0 Å². The van der Waals surface area contributed by atoms with Gasteiger partial charge in [0.05, 0.1) is 5.56 Å². The Hall–Kier alpha value is -2.11. The molecule has 0 aliphatic carbocycles. The van der Waals surface area contributed by atoms with Crippen molar-refractivity contribution in [3.63, 3.8) is 0 Å². The van der Waals surface area contributed by atoms with Crippen molar-refractivity contribution in [2.75, 3.05) is 44.6 Å². The third kappa shape index (κ3) is 4.57. The lowest BCUT2D eigenvalue weighted by Gasteiger charge is -2.22. The van der Waals surface area contributed by atoms with Crippen molar-refractivity contribution in [2.45, 2.75) is 20.3 Å². The number of nitrogens with one attached hydrogen (secondary N) is 1. The van der Waals surface area contributed by atoms with E-state index in [9.17, 15) is 4.79 Å². The zero-order chi connectivity index (χ0) is 20.4. The standard InChI is InChI=1S/C23H29ClN4O/c1-16-6-7-20(11-22(16)24)26-9-4-10-27-12-18-14-28(15-19(18)13-27)23(29)21-5-3-8-25-17(21)2/h3,5-8,11,18-19,26H,4,9-10,12-15H2,1-2H3. The predicted octanol–water partition coefficient (Wildman–Crippen LogP) is 3.86. The number of aryl methyl sites for hydroxylation is 2. The summed E-state index contributed by atoms with van der Waals surface area (Å²) in [6.45, 7) is 9.88. The number of hydrogen-bond acceptors (Lipinski definition) is 4. The van der Waals surface area contributed by atoms with Crippen LogP contribution in [0.4, 0.5) is 5.69 Å². The molecule has 1 amide bonds. The molecule has 1 aromatic carbocycles. The highest BCUT2D eigenvalue weighted by Gasteiger charge is 2.41. The number of fused-ring (bicyclic) bond motifs is 1. The Balaban J connectivity index is 1.21. The first-order valence-corrected chi connectivity index (χ1v) is 10.8. The lowest BCUT2D eigenvalue weighted by molar-refractivity contribution is 0.0773. The smallest absolute Gasteiger partial charge is 0.255 e. The summed E-state index contributed by atoms with van der Waals surface area (Å²) in [6.07, 6.45) is 2.84. The molecule has 2 aliphatic rings. The van der Waals surface area contributed by atoms with Crippen LogP contribution in [-0.2, 0) is 0 Å². The molecule has 2 aliphatic heterocycles. The molecule has 0 radical (unpaired) electrons. The molecule has 2 aromatic rings. The minimum Gasteiger partial charge on any atom is -0.385 e. The molecule has 2 saturated heterocycles. The molecule has 29 heavy (non-hydrogen) atoms. The number of likely N-dealkylation sites (tertiary alicyclic amines) is 2. The zero-order valence-electron chi connectivity index (χ0n) is 17.2. The summed E-state index contributed by atoms with van der Waals surface area (Å²) in [6, 6.07) is 9.85. The van der Waals surface area contributed by atoms with Crippen molar-refractivity contribution in [3.05, 3.63) is 58.4 Å². The molecule has 2 atom stereocenters. The molecule has 1 aromatic heterocycles. The Morgan fingerprint density at radius 2 is 1.93 bits per heavy atom. The second kappa shape index (κ2) is 8.72. The number of amides is 1. The average molecular weight is 413 g/mol. The second-order valence-corrected chi connectivity index (χ2v) is 8.78. The van der Waals surface area contributed by atoms with Crippen molar-refractivity contribution in [2.24, 2.45) is 11.8 Å². The van der Waals surface area contributed by atoms with Gasteiger partial charge in [-0.25, -0.2) is 0 Å². The Morgan fingerprint density at radius 1 is 1.17 bits per heavy atom. The number of hydrogen-bond donors (Lipinski definition) is 1. The van der Waals surface area contributed by atoms with Crippen LogP contribution in [-0.4, -0.2) is 60.0 Å². The Morgan fingerprint density at radius 3 is 2.62 bits per heavy atom. The summed E-state index contributed by atoms with van der Waals surface area (Å²) >= 11 is 6.19. The molecular weight excluding hydrogens is 384 g/mol. The van der Waals surface area contributed by atoms with E-state index in [2.05, 4.69) is 21.3 Å². The van der Waals surface area contributed by atoms with Gasteiger partial charge in [-0.1, -0.05) is 17.7 Å². The monoisotopic (exact) mass is 412 g/mol. The molecule has 5 nitrogen and oxygen atoms in total. The first-order valence-electron chi connectivity index (χ1n) is 10.4. The summed E-state index contributed by atoms with van der Waals surface area (Å²) in [5.74, 6) is 1.33. The molecule has 1 N–H and O–H groups in total. The summed E-state index contributed by atoms with van der Waals surface area (Å²) in [5, 5.41) is 4.27. The maximum atomic E-state index is 12.8. The third-order valence-electron chi connectivity index (χ3n) is 6.24. The van der Waals surface area contributed by atoms with E-state index in [-0.39, 0.29) is 5.91 Å². The lowest BCUT2D eigenvalue weighted by atomic mass is 10.0. The molecule has 0 spiro atoms. The fraction of sp³-hybridized carbons (Fsp3) is 0.478. The van der Waals surface area contributed by atoms with Crippen molar-refractivity contribution < 1.29 is 4.79 Å². The molecule has 2 fully saturated rings. The Bertz CT molecular complexity index is 873. The van der Waals surface area contributed by atoms with Gasteiger partial charge in [-0.05, 0) is 68.5 Å². The predicted molar refractivity (Wildman–Crippen MR) is 118 cm³/mol. The van der Waals surface area contributed by atoms with Gasteiger partial charge in [-0.2, -0.15) is 0 Å². The number of anilines is 1. The minimum absolute atomic E-state index is 0.137. The van der Waals surface area contributed by atoms with E-state index in [1.807, 2.05) is 43.0 Å². The van der Waals surface area contributed by atoms with Crippen LogP contribution in [0.25, 0.3) is 0 Å². The number of benzene rings is 1. The van der Waals surface area contributed by atoms with E-state index in [0.717, 1.165) is 73.2 Å². The van der Waals surface area contributed by atoms with Crippen LogP contribution < -0.4 is 5.32 Å². The van der Waals surface area contributed by atoms with E-state index < -0.39 is 0 Å². The van der Waals surface area contributed by atoms with Crippen LogP contribution in [0, 0.1) is 25.7 Å². The van der Waals surface area contributed by atoms with Gasteiger partial charge in [0.1, 0.15) is 0 Å². The summed E-state index contributed by atoms with van der Waals surface area (Å²) in [7, 11) is 0. The quantitative estimate of drug-likeness (QED) is 0.732. The maximum absolute atomic E-state index is 12.8. The van der Waals surface area contributed by atoms with E-state index >= 15 is 0 Å². The van der Waals surface area contributed by atoms with Gasteiger partial charge in [0.25, 0.3) is 5.91 Å². The van der Waals surface area contributed by atoms with Crippen molar-refractivity contribution >= 4 is 23.2 Å². The highest BCUT2D eigenvalue weighted by Crippen LogP contribution is 2.32. The normalized spacial score (nSPS) is 21.4. The molecule has 2 unspecified atom stereocenters. The maximum Gasteiger partial charge on any atom is 0.255 e. The first-order chi connectivity index (χ1) is 14.0. The highest BCUT2D eigenvalue weighted by molar-refractivity contribution is 6.31. The number of carbonyl (C=O) groups excluding carboxylic acids is 1. The number of aromatic nitrogens is 1. The summed E-state index contributed by atoms with van der Waals surface area (Å²) < 4.78 is 0. The van der Waals surface area contributed by atoms with Gasteiger partial charge >= 0.3 is 0 Å². The Kier molecular flexibility index (Phi) is 6.07. The number of rotatable bonds is 6. The van der Waals surface area contributed by atoms with Crippen molar-refractivity contribution in [3.8, 4) is 0 Å². The second-order valence-electron chi connectivity index (χ2n) is 8.37. The molecule has 154 valence electrons. The van der Waals surface area contributed by atoms with E-state index in [4.69, 9.17) is 11.6 Å². The van der Waals surface area contributed by atoms with Crippen LogP contribution in [0.1, 0.15) is 28.0 Å². The zero-order valence-corrected chi connectivity index (χ0v) is 18.0. The average Bonchev–Trinajstić information content (AvgIpc) is 3.26. The van der Waals surface area contributed by atoms with Gasteiger partial charge in [-0.3, -0.25) is 9.78 Å². The molecule has 0 saturated carbocycles. The first kappa shape index (κ1) is 20.2. The van der Waals surface area contributed by atoms with E-state index in [1.165, 1.54) is 0 Å². The fourth-order valence-corrected chi connectivity index (χ4v) is 4.74. The van der Waals surface area contributed by atoms with E-state index in [1.54, 1.807) is 6.20 Å².